The molecule has 0 spiro atoms. The van der Waals surface area contributed by atoms with Crippen LogP contribution in [0.3, 0.4) is 0 Å². The average Bonchev–Trinajstić information content (AvgIpc) is 2.45. The van der Waals surface area contributed by atoms with Crippen molar-refractivity contribution in [1.29, 1.82) is 5.41 Å². The van der Waals surface area contributed by atoms with E-state index in [4.69, 9.17) is 22.7 Å². The Kier molecular flexibility index (Phi) is 4.58. The highest BCUT2D eigenvalue weighted by Gasteiger charge is 2.07. The van der Waals surface area contributed by atoms with Crippen molar-refractivity contribution >= 4 is 23.1 Å². The van der Waals surface area contributed by atoms with Gasteiger partial charge >= 0.3 is 0 Å². The Labute approximate surface area is 123 Å². The highest BCUT2D eigenvalue weighted by Crippen LogP contribution is 2.22. The topological polar surface area (TPSA) is 66.0 Å². The fraction of sp³-hybridized carbons (Fsp3) is 0.200. The number of nitrogens with zero attached hydrogens (tertiary/aromatic N) is 2. The number of amidine groups is 1. The van der Waals surface area contributed by atoms with Crippen LogP contribution in [0.2, 0.25) is 5.02 Å². The molecule has 0 saturated carbocycles. The molecule has 4 nitrogen and oxygen atoms in total. The fourth-order valence-electron chi connectivity index (χ4n) is 1.92. The van der Waals surface area contributed by atoms with E-state index >= 15 is 0 Å². The largest absolute Gasteiger partial charge is 0.384 e. The van der Waals surface area contributed by atoms with Gasteiger partial charge in [0.2, 0.25) is 0 Å². The molecule has 3 N–H and O–H groups in total. The van der Waals surface area contributed by atoms with Crippen molar-refractivity contribution in [2.75, 3.05) is 18.5 Å². The quantitative estimate of drug-likeness (QED) is 0.657. The second-order valence-electron chi connectivity index (χ2n) is 4.57. The number of pyridine rings is 1. The van der Waals surface area contributed by atoms with Gasteiger partial charge in [-0.1, -0.05) is 17.7 Å². The molecule has 0 radical (unpaired) electrons. The van der Waals surface area contributed by atoms with Gasteiger partial charge in [0.15, 0.2) is 0 Å². The highest BCUT2D eigenvalue weighted by molar-refractivity contribution is 6.34. The van der Waals surface area contributed by atoms with E-state index in [0.29, 0.717) is 10.6 Å². The van der Waals surface area contributed by atoms with Gasteiger partial charge in [-0.25, -0.2) is 0 Å². The second kappa shape index (κ2) is 6.39. The summed E-state index contributed by atoms with van der Waals surface area (Å²) in [6.45, 7) is 0.840. The van der Waals surface area contributed by atoms with Crippen molar-refractivity contribution in [3.8, 4) is 0 Å². The molecule has 20 heavy (non-hydrogen) atoms. The molecule has 0 aliphatic carbocycles. The predicted molar refractivity (Wildman–Crippen MR) is 83.7 cm³/mol. The maximum atomic E-state index is 7.42. The van der Waals surface area contributed by atoms with E-state index in [2.05, 4.69) is 9.88 Å². The maximum Gasteiger partial charge on any atom is 0.124 e. The first-order valence-electron chi connectivity index (χ1n) is 6.33. The molecule has 0 bridgehead atoms. The molecule has 0 saturated heterocycles. The van der Waals surface area contributed by atoms with E-state index < -0.39 is 0 Å². The van der Waals surface area contributed by atoms with Crippen LogP contribution in [0, 0.1) is 5.41 Å². The maximum absolute atomic E-state index is 7.42. The SMILES string of the molecule is CN(CCc1ccccn1)c1ccc(C(=N)N)c(Cl)c1. The van der Waals surface area contributed by atoms with Gasteiger partial charge in [0.25, 0.3) is 0 Å². The standard InChI is InChI=1S/C15H17ClN4/c1-20(9-7-11-4-2-3-8-19-11)12-5-6-13(15(17)18)14(16)10-12/h2-6,8,10H,7,9H2,1H3,(H3,17,18). The number of hydrogen-bond acceptors (Lipinski definition) is 3. The van der Waals surface area contributed by atoms with E-state index in [0.717, 1.165) is 24.3 Å². The van der Waals surface area contributed by atoms with Crippen LogP contribution in [-0.2, 0) is 6.42 Å². The van der Waals surface area contributed by atoms with Crippen molar-refractivity contribution in [2.45, 2.75) is 6.42 Å². The molecule has 0 fully saturated rings. The fourth-order valence-corrected chi connectivity index (χ4v) is 2.19. The molecule has 2 rings (SSSR count). The second-order valence-corrected chi connectivity index (χ2v) is 4.98. The van der Waals surface area contributed by atoms with Crippen LogP contribution in [-0.4, -0.2) is 24.4 Å². The normalized spacial score (nSPS) is 10.3. The van der Waals surface area contributed by atoms with Crippen molar-refractivity contribution in [3.63, 3.8) is 0 Å². The van der Waals surface area contributed by atoms with Crippen molar-refractivity contribution in [1.82, 2.24) is 4.98 Å². The lowest BCUT2D eigenvalue weighted by atomic mass is 10.1. The summed E-state index contributed by atoms with van der Waals surface area (Å²) in [5.41, 5.74) is 8.07. The Morgan fingerprint density at radius 1 is 1.35 bits per heavy atom. The van der Waals surface area contributed by atoms with Crippen LogP contribution in [0.25, 0.3) is 0 Å². The van der Waals surface area contributed by atoms with Crippen LogP contribution in [0.15, 0.2) is 42.6 Å². The first-order valence-corrected chi connectivity index (χ1v) is 6.70. The molecule has 0 atom stereocenters. The number of anilines is 1. The van der Waals surface area contributed by atoms with Gasteiger partial charge in [-0.15, -0.1) is 0 Å². The zero-order chi connectivity index (χ0) is 14.5. The molecule has 1 aromatic carbocycles. The zero-order valence-corrected chi connectivity index (χ0v) is 12.1. The van der Waals surface area contributed by atoms with Gasteiger partial charge in [0, 0.05) is 43.2 Å². The van der Waals surface area contributed by atoms with Gasteiger partial charge in [-0.2, -0.15) is 0 Å². The van der Waals surface area contributed by atoms with Gasteiger partial charge in [0.1, 0.15) is 5.84 Å². The highest BCUT2D eigenvalue weighted by atomic mass is 35.5. The summed E-state index contributed by atoms with van der Waals surface area (Å²) in [4.78, 5) is 6.40. The number of nitrogens with two attached hydrogens (primary N) is 1. The van der Waals surface area contributed by atoms with Crippen molar-refractivity contribution in [2.24, 2.45) is 5.73 Å². The van der Waals surface area contributed by atoms with Crippen LogP contribution in [0.4, 0.5) is 5.69 Å². The van der Waals surface area contributed by atoms with E-state index in [1.807, 2.05) is 37.4 Å². The first kappa shape index (κ1) is 14.3. The minimum atomic E-state index is -0.0160. The lowest BCUT2D eigenvalue weighted by molar-refractivity contribution is 0.852. The summed E-state index contributed by atoms with van der Waals surface area (Å²) in [5, 5.41) is 7.92. The third kappa shape index (κ3) is 3.48. The number of rotatable bonds is 5. The Hall–Kier alpha value is -2.07. The number of halogens is 1. The number of likely N-dealkylation sites (N-methyl/N-ethyl adjacent to an activating group) is 1. The summed E-state index contributed by atoms with van der Waals surface area (Å²) >= 11 is 6.13. The van der Waals surface area contributed by atoms with Crippen LogP contribution >= 0.6 is 11.6 Å². The summed E-state index contributed by atoms with van der Waals surface area (Å²) in [6.07, 6.45) is 2.66. The molecule has 1 aromatic heterocycles. The molecule has 0 amide bonds. The van der Waals surface area contributed by atoms with E-state index in [-0.39, 0.29) is 5.84 Å². The lowest BCUT2D eigenvalue weighted by Crippen LogP contribution is -2.21. The molecule has 104 valence electrons. The summed E-state index contributed by atoms with van der Waals surface area (Å²) < 4.78 is 0. The summed E-state index contributed by atoms with van der Waals surface area (Å²) in [7, 11) is 2.00. The molecule has 0 aliphatic heterocycles. The van der Waals surface area contributed by atoms with Crippen molar-refractivity contribution < 1.29 is 0 Å². The number of benzene rings is 1. The number of aromatic nitrogens is 1. The molecule has 5 heteroatoms. The minimum Gasteiger partial charge on any atom is -0.384 e. The van der Waals surface area contributed by atoms with E-state index in [1.165, 1.54) is 0 Å². The summed E-state index contributed by atoms with van der Waals surface area (Å²) in [5.74, 6) is -0.0160. The average molecular weight is 289 g/mol. The monoisotopic (exact) mass is 288 g/mol. The van der Waals surface area contributed by atoms with E-state index in [9.17, 15) is 0 Å². The smallest absolute Gasteiger partial charge is 0.124 e. The first-order chi connectivity index (χ1) is 9.58. The minimum absolute atomic E-state index is 0.0160. The van der Waals surface area contributed by atoms with E-state index in [1.54, 1.807) is 12.3 Å². The number of hydrogen-bond donors (Lipinski definition) is 2. The van der Waals surface area contributed by atoms with Gasteiger partial charge in [-0.05, 0) is 30.3 Å². The molecular formula is C15H17ClN4. The Morgan fingerprint density at radius 2 is 2.15 bits per heavy atom. The molecule has 0 unspecified atom stereocenters. The molecule has 0 aliphatic rings. The zero-order valence-electron chi connectivity index (χ0n) is 11.3. The third-order valence-corrected chi connectivity index (χ3v) is 3.43. The Morgan fingerprint density at radius 3 is 2.75 bits per heavy atom. The molecule has 2 aromatic rings. The van der Waals surface area contributed by atoms with Gasteiger partial charge < -0.3 is 10.6 Å². The molecule has 1 heterocycles. The van der Waals surface area contributed by atoms with Crippen LogP contribution in [0.1, 0.15) is 11.3 Å². The van der Waals surface area contributed by atoms with Gasteiger partial charge in [0.05, 0.1) is 5.02 Å². The number of nitrogens with one attached hydrogen (secondary N) is 1. The van der Waals surface area contributed by atoms with Gasteiger partial charge in [-0.3, -0.25) is 10.4 Å². The number of nitrogen functional groups attached to an aromatic ring is 1. The van der Waals surface area contributed by atoms with Crippen LogP contribution < -0.4 is 10.6 Å². The van der Waals surface area contributed by atoms with Crippen molar-refractivity contribution in [3.05, 3.63) is 58.9 Å². The third-order valence-electron chi connectivity index (χ3n) is 3.11. The predicted octanol–water partition coefficient (Wildman–Crippen LogP) is 2.70. The molecular weight excluding hydrogens is 272 g/mol. The Balaban J connectivity index is 2.04. The lowest BCUT2D eigenvalue weighted by Gasteiger charge is -2.20. The summed E-state index contributed by atoms with van der Waals surface area (Å²) in [6, 6.07) is 11.4. The van der Waals surface area contributed by atoms with Crippen LogP contribution in [0.5, 0.6) is 0 Å². The Bertz CT molecular complexity index is 598.